The molecule has 2 aromatic carbocycles. The number of benzene rings is 2. The Hall–Kier alpha value is -2.07. The molecule has 21 heavy (non-hydrogen) atoms. The molecule has 1 aliphatic rings. The van der Waals surface area contributed by atoms with E-state index >= 15 is 0 Å². The Balaban J connectivity index is 2.20. The molecule has 1 unspecified atom stereocenters. The number of methoxy groups -OCH3 is 1. The number of fused-ring (bicyclic) bond motifs is 1. The van der Waals surface area contributed by atoms with Crippen molar-refractivity contribution in [1.82, 2.24) is 0 Å². The molecule has 3 rings (SSSR count). The molecular weight excluding hydrogens is 271 g/mol. The first-order valence-electron chi connectivity index (χ1n) is 6.86. The van der Waals surface area contributed by atoms with Gasteiger partial charge >= 0.3 is 0 Å². The molecule has 3 nitrogen and oxygen atoms in total. The molecule has 0 amide bonds. The smallest absolute Gasteiger partial charge is 0.133 e. The van der Waals surface area contributed by atoms with Crippen LogP contribution in [-0.2, 0) is 12.0 Å². The predicted octanol–water partition coefficient (Wildman–Crippen LogP) is 3.03. The fourth-order valence-corrected chi connectivity index (χ4v) is 2.88. The maximum absolute atomic E-state index is 14.3. The molecule has 0 radical (unpaired) electrons. The summed E-state index contributed by atoms with van der Waals surface area (Å²) in [5.41, 5.74) is 0.173. The van der Waals surface area contributed by atoms with E-state index in [-0.39, 0.29) is 5.56 Å². The van der Waals surface area contributed by atoms with Gasteiger partial charge in [-0.25, -0.2) is 4.39 Å². The van der Waals surface area contributed by atoms with Crippen LogP contribution in [0.3, 0.4) is 0 Å². The van der Waals surface area contributed by atoms with Crippen molar-refractivity contribution in [3.05, 3.63) is 58.9 Å². The first-order valence-corrected chi connectivity index (χ1v) is 6.86. The highest BCUT2D eigenvalue weighted by molar-refractivity contribution is 5.53. The number of hydrogen-bond donors (Lipinski definition) is 1. The van der Waals surface area contributed by atoms with Crippen molar-refractivity contribution in [2.45, 2.75) is 18.9 Å². The fraction of sp³-hybridized carbons (Fsp3) is 0.294. The molecule has 1 atom stereocenters. The second kappa shape index (κ2) is 5.04. The summed E-state index contributed by atoms with van der Waals surface area (Å²) in [6, 6.07) is 10.1. The lowest BCUT2D eigenvalue weighted by Crippen LogP contribution is -2.26. The SMILES string of the molecule is COc1cccc(F)c1C(C)(O)c1cccc2c1OCC2. The van der Waals surface area contributed by atoms with Gasteiger partial charge in [-0.3, -0.25) is 0 Å². The first kappa shape index (κ1) is 13.9. The fourth-order valence-electron chi connectivity index (χ4n) is 2.88. The molecule has 0 bridgehead atoms. The predicted molar refractivity (Wildman–Crippen MR) is 77.3 cm³/mol. The van der Waals surface area contributed by atoms with Gasteiger partial charge in [0.2, 0.25) is 0 Å². The van der Waals surface area contributed by atoms with E-state index in [1.807, 2.05) is 12.1 Å². The van der Waals surface area contributed by atoms with E-state index in [1.165, 1.54) is 13.2 Å². The van der Waals surface area contributed by atoms with Gasteiger partial charge in [0, 0.05) is 12.0 Å². The van der Waals surface area contributed by atoms with Crippen molar-refractivity contribution < 1.29 is 19.0 Å². The summed E-state index contributed by atoms with van der Waals surface area (Å²) >= 11 is 0. The number of halogens is 1. The Morgan fingerprint density at radius 3 is 2.76 bits per heavy atom. The third-order valence-electron chi connectivity index (χ3n) is 3.92. The lowest BCUT2D eigenvalue weighted by atomic mass is 9.85. The zero-order chi connectivity index (χ0) is 15.0. The number of hydrogen-bond acceptors (Lipinski definition) is 3. The summed E-state index contributed by atoms with van der Waals surface area (Å²) in [6.07, 6.45) is 0.799. The van der Waals surface area contributed by atoms with Crippen molar-refractivity contribution in [2.75, 3.05) is 13.7 Å². The van der Waals surface area contributed by atoms with Crippen LogP contribution in [-0.4, -0.2) is 18.8 Å². The third kappa shape index (κ3) is 2.16. The van der Waals surface area contributed by atoms with Crippen molar-refractivity contribution in [3.63, 3.8) is 0 Å². The summed E-state index contributed by atoms with van der Waals surface area (Å²) in [4.78, 5) is 0. The van der Waals surface area contributed by atoms with Gasteiger partial charge in [-0.2, -0.15) is 0 Å². The minimum absolute atomic E-state index is 0.122. The van der Waals surface area contributed by atoms with E-state index < -0.39 is 11.4 Å². The Morgan fingerprint density at radius 1 is 1.24 bits per heavy atom. The van der Waals surface area contributed by atoms with Gasteiger partial charge < -0.3 is 14.6 Å². The third-order valence-corrected chi connectivity index (χ3v) is 3.92. The van der Waals surface area contributed by atoms with Crippen LogP contribution in [0, 0.1) is 5.82 Å². The van der Waals surface area contributed by atoms with Crippen molar-refractivity contribution >= 4 is 0 Å². The molecule has 1 heterocycles. The monoisotopic (exact) mass is 288 g/mol. The van der Waals surface area contributed by atoms with Crippen LogP contribution in [0.4, 0.5) is 4.39 Å². The largest absolute Gasteiger partial charge is 0.496 e. The maximum atomic E-state index is 14.3. The van der Waals surface area contributed by atoms with Crippen molar-refractivity contribution in [2.24, 2.45) is 0 Å². The van der Waals surface area contributed by atoms with Crippen LogP contribution in [0.15, 0.2) is 36.4 Å². The van der Waals surface area contributed by atoms with Crippen LogP contribution >= 0.6 is 0 Å². The van der Waals surface area contributed by atoms with E-state index in [0.717, 1.165) is 12.0 Å². The summed E-state index contributed by atoms with van der Waals surface area (Å²) in [5, 5.41) is 11.0. The van der Waals surface area contributed by atoms with Crippen LogP contribution in [0.25, 0.3) is 0 Å². The molecule has 1 N–H and O–H groups in total. The van der Waals surface area contributed by atoms with Gasteiger partial charge in [0.05, 0.1) is 19.3 Å². The van der Waals surface area contributed by atoms with Crippen LogP contribution in [0.1, 0.15) is 23.6 Å². The molecule has 0 fully saturated rings. The Morgan fingerprint density at radius 2 is 2.00 bits per heavy atom. The number of aliphatic hydroxyl groups is 1. The second-order valence-corrected chi connectivity index (χ2v) is 5.28. The van der Waals surface area contributed by atoms with Gasteiger partial charge in [0.15, 0.2) is 0 Å². The van der Waals surface area contributed by atoms with E-state index in [0.29, 0.717) is 23.7 Å². The quantitative estimate of drug-likeness (QED) is 0.943. The van der Waals surface area contributed by atoms with Gasteiger partial charge in [-0.05, 0) is 24.6 Å². The van der Waals surface area contributed by atoms with Gasteiger partial charge in [0.25, 0.3) is 0 Å². The zero-order valence-corrected chi connectivity index (χ0v) is 12.0. The van der Waals surface area contributed by atoms with Crippen LogP contribution < -0.4 is 9.47 Å². The molecule has 0 aliphatic carbocycles. The van der Waals surface area contributed by atoms with Gasteiger partial charge in [-0.15, -0.1) is 0 Å². The van der Waals surface area contributed by atoms with Crippen molar-refractivity contribution in [1.29, 1.82) is 0 Å². The highest BCUT2D eigenvalue weighted by Gasteiger charge is 2.36. The van der Waals surface area contributed by atoms with E-state index in [9.17, 15) is 9.50 Å². The summed E-state index contributed by atoms with van der Waals surface area (Å²) in [6.45, 7) is 2.14. The minimum Gasteiger partial charge on any atom is -0.496 e. The van der Waals surface area contributed by atoms with Crippen LogP contribution in [0.5, 0.6) is 11.5 Å². The molecular formula is C17H17FO3. The van der Waals surface area contributed by atoms with E-state index in [2.05, 4.69) is 0 Å². The van der Waals surface area contributed by atoms with Gasteiger partial charge in [-0.1, -0.05) is 24.3 Å². The average molecular weight is 288 g/mol. The number of para-hydroxylation sites is 1. The lowest BCUT2D eigenvalue weighted by Gasteiger charge is -2.28. The molecule has 4 heteroatoms. The molecule has 110 valence electrons. The summed E-state index contributed by atoms with van der Waals surface area (Å²) < 4.78 is 25.1. The number of rotatable bonds is 3. The molecule has 0 saturated heterocycles. The first-order chi connectivity index (χ1) is 10.1. The normalized spacial score (nSPS) is 16.0. The van der Waals surface area contributed by atoms with E-state index in [1.54, 1.807) is 25.1 Å². The zero-order valence-electron chi connectivity index (χ0n) is 12.0. The summed E-state index contributed by atoms with van der Waals surface area (Å²) in [5.74, 6) is 0.457. The van der Waals surface area contributed by atoms with E-state index in [4.69, 9.17) is 9.47 Å². The minimum atomic E-state index is -1.54. The second-order valence-electron chi connectivity index (χ2n) is 5.28. The molecule has 2 aromatic rings. The van der Waals surface area contributed by atoms with Crippen LogP contribution in [0.2, 0.25) is 0 Å². The standard InChI is InChI=1S/C17H17FO3/c1-17(19,15-13(18)7-4-8-14(15)20-2)12-6-3-5-11-9-10-21-16(11)12/h3-8,19H,9-10H2,1-2H3. The average Bonchev–Trinajstić information content (AvgIpc) is 2.94. The summed E-state index contributed by atoms with van der Waals surface area (Å²) in [7, 11) is 1.46. The highest BCUT2D eigenvalue weighted by Crippen LogP contribution is 2.43. The highest BCUT2D eigenvalue weighted by atomic mass is 19.1. The molecule has 0 saturated carbocycles. The Labute approximate surface area is 122 Å². The van der Waals surface area contributed by atoms with Gasteiger partial charge in [0.1, 0.15) is 22.9 Å². The molecule has 0 spiro atoms. The number of ether oxygens (including phenoxy) is 2. The maximum Gasteiger partial charge on any atom is 0.133 e. The van der Waals surface area contributed by atoms with Crippen molar-refractivity contribution in [3.8, 4) is 11.5 Å². The topological polar surface area (TPSA) is 38.7 Å². The Bertz CT molecular complexity index is 680. The lowest BCUT2D eigenvalue weighted by molar-refractivity contribution is 0.0913. The molecule has 0 aromatic heterocycles. The molecule has 1 aliphatic heterocycles. The Kier molecular flexibility index (Phi) is 3.33.